The van der Waals surface area contributed by atoms with Crippen LogP contribution in [0.15, 0.2) is 0 Å². The molecule has 0 aromatic carbocycles. The molecule has 2 saturated heterocycles. The van der Waals surface area contributed by atoms with E-state index in [0.29, 0.717) is 12.3 Å². The van der Waals surface area contributed by atoms with Crippen LogP contribution in [-0.4, -0.2) is 48.7 Å². The quantitative estimate of drug-likeness (QED) is 0.764. The van der Waals surface area contributed by atoms with Gasteiger partial charge >= 0.3 is 0 Å². The molecule has 2 heterocycles. The van der Waals surface area contributed by atoms with E-state index in [1.807, 2.05) is 6.07 Å². The largest absolute Gasteiger partial charge is 0.322 e. The number of likely N-dealkylation sites (tertiary alicyclic amines) is 1. The summed E-state index contributed by atoms with van der Waals surface area (Å²) in [7, 11) is 0. The molecule has 3 N–H and O–H groups in total. The number of rotatable bonds is 3. The smallest absolute Gasteiger partial charge is 0.240 e. The van der Waals surface area contributed by atoms with Gasteiger partial charge in [-0.25, -0.2) is 4.39 Å². The molecule has 19 heavy (non-hydrogen) atoms. The summed E-state index contributed by atoms with van der Waals surface area (Å²) in [5.41, 5.74) is 5.94. The summed E-state index contributed by atoms with van der Waals surface area (Å²) in [5, 5.41) is 12.2. The number of carbonyl (C=O) groups is 1. The number of halogens is 1. The van der Waals surface area contributed by atoms with Crippen molar-refractivity contribution in [2.24, 2.45) is 11.7 Å². The van der Waals surface area contributed by atoms with Gasteiger partial charge in [-0.3, -0.25) is 4.79 Å². The number of carbonyl (C=O) groups excluding carboxylic acids is 1. The third-order valence-corrected chi connectivity index (χ3v) is 3.99. The minimum Gasteiger partial charge on any atom is -0.322 e. The molecule has 0 aromatic heterocycles. The Morgan fingerprint density at radius 3 is 3.05 bits per heavy atom. The summed E-state index contributed by atoms with van der Waals surface area (Å²) in [5.74, 6) is 0.120. The van der Waals surface area contributed by atoms with E-state index in [9.17, 15) is 9.18 Å². The molecule has 2 aliphatic rings. The molecule has 0 bridgehead atoms. The Kier molecular flexibility index (Phi) is 4.72. The maximum absolute atomic E-state index is 13.3. The number of hydrogen-bond acceptors (Lipinski definition) is 4. The van der Waals surface area contributed by atoms with E-state index >= 15 is 0 Å². The lowest BCUT2D eigenvalue weighted by Gasteiger charge is -2.28. The van der Waals surface area contributed by atoms with Crippen LogP contribution in [0, 0.1) is 17.2 Å². The van der Waals surface area contributed by atoms with Gasteiger partial charge in [0.2, 0.25) is 5.91 Å². The normalized spacial score (nSPS) is 32.9. The topological polar surface area (TPSA) is 82.2 Å². The van der Waals surface area contributed by atoms with Crippen molar-refractivity contribution in [1.29, 1.82) is 5.26 Å². The van der Waals surface area contributed by atoms with Crippen LogP contribution in [0.4, 0.5) is 4.39 Å². The van der Waals surface area contributed by atoms with Crippen LogP contribution in [0.5, 0.6) is 0 Å². The van der Waals surface area contributed by atoms with Gasteiger partial charge in [0.1, 0.15) is 12.2 Å². The highest BCUT2D eigenvalue weighted by Crippen LogP contribution is 2.22. The van der Waals surface area contributed by atoms with Crippen LogP contribution >= 0.6 is 0 Å². The first-order valence-corrected chi connectivity index (χ1v) is 6.92. The zero-order valence-electron chi connectivity index (χ0n) is 11.0. The second kappa shape index (κ2) is 6.31. The van der Waals surface area contributed by atoms with Gasteiger partial charge in [0.15, 0.2) is 0 Å². The average molecular weight is 268 g/mol. The van der Waals surface area contributed by atoms with Crippen molar-refractivity contribution in [3.8, 4) is 6.07 Å². The Morgan fingerprint density at radius 2 is 2.42 bits per heavy atom. The molecule has 0 saturated carbocycles. The number of hydrogen-bond donors (Lipinski definition) is 2. The molecule has 106 valence electrons. The molecule has 5 nitrogen and oxygen atoms in total. The lowest BCUT2D eigenvalue weighted by molar-refractivity contribution is -0.133. The van der Waals surface area contributed by atoms with Crippen LogP contribution < -0.4 is 11.1 Å². The van der Waals surface area contributed by atoms with Crippen molar-refractivity contribution >= 4 is 5.91 Å². The maximum Gasteiger partial charge on any atom is 0.240 e. The zero-order valence-corrected chi connectivity index (χ0v) is 11.0. The minimum absolute atomic E-state index is 0.00762. The predicted octanol–water partition coefficient (Wildman–Crippen LogP) is 0.166. The van der Waals surface area contributed by atoms with Crippen molar-refractivity contribution in [1.82, 2.24) is 10.2 Å². The monoisotopic (exact) mass is 268 g/mol. The highest BCUT2D eigenvalue weighted by molar-refractivity contribution is 5.82. The van der Waals surface area contributed by atoms with Crippen LogP contribution in [0.1, 0.15) is 25.7 Å². The number of alkyl halides is 1. The number of amides is 1. The summed E-state index contributed by atoms with van der Waals surface area (Å²) >= 11 is 0. The first-order valence-electron chi connectivity index (χ1n) is 6.92. The first kappa shape index (κ1) is 14.2. The van der Waals surface area contributed by atoms with E-state index in [1.54, 1.807) is 0 Å². The standard InChI is InChI=1S/C13H21FN4O/c14-10-5-11(6-15)18(8-10)13(19)12(16)4-9-2-1-3-17-7-9/h9-12,17H,1-5,7-8,16H2/t9?,10-,11-,12-/m0/s1. The SMILES string of the molecule is N#C[C@@H]1C[C@H](F)CN1C(=O)[C@@H](N)CC1CCCNC1. The van der Waals surface area contributed by atoms with Gasteiger partial charge in [-0.1, -0.05) is 0 Å². The van der Waals surface area contributed by atoms with E-state index < -0.39 is 18.3 Å². The second-order valence-corrected chi connectivity index (χ2v) is 5.52. The van der Waals surface area contributed by atoms with Gasteiger partial charge in [0, 0.05) is 6.42 Å². The number of nitriles is 1. The van der Waals surface area contributed by atoms with Gasteiger partial charge in [0.25, 0.3) is 0 Å². The highest BCUT2D eigenvalue weighted by Gasteiger charge is 2.37. The molecule has 2 rings (SSSR count). The van der Waals surface area contributed by atoms with Crippen molar-refractivity contribution in [2.75, 3.05) is 19.6 Å². The second-order valence-electron chi connectivity index (χ2n) is 5.52. The molecule has 2 fully saturated rings. The number of nitrogens with two attached hydrogens (primary N) is 1. The molecule has 2 aliphatic heterocycles. The molecule has 0 radical (unpaired) electrons. The Balaban J connectivity index is 1.89. The highest BCUT2D eigenvalue weighted by atomic mass is 19.1. The Hall–Kier alpha value is -1.19. The molecule has 6 heteroatoms. The summed E-state index contributed by atoms with van der Waals surface area (Å²) in [6.45, 7) is 1.91. The zero-order chi connectivity index (χ0) is 13.8. The van der Waals surface area contributed by atoms with E-state index in [4.69, 9.17) is 11.0 Å². The number of nitrogens with zero attached hydrogens (tertiary/aromatic N) is 2. The predicted molar refractivity (Wildman–Crippen MR) is 68.8 cm³/mol. The van der Waals surface area contributed by atoms with Crippen molar-refractivity contribution in [3.05, 3.63) is 0 Å². The Bertz CT molecular complexity index is 364. The Labute approximate surface area is 112 Å². The minimum atomic E-state index is -1.10. The summed E-state index contributed by atoms with van der Waals surface area (Å²) in [4.78, 5) is 13.5. The van der Waals surface area contributed by atoms with Gasteiger partial charge in [-0.05, 0) is 38.3 Å². The fourth-order valence-electron chi connectivity index (χ4n) is 2.95. The molecule has 1 unspecified atom stereocenters. The average Bonchev–Trinajstić information content (AvgIpc) is 2.80. The Morgan fingerprint density at radius 1 is 1.63 bits per heavy atom. The molecule has 0 spiro atoms. The maximum atomic E-state index is 13.3. The van der Waals surface area contributed by atoms with Crippen LogP contribution in [0.3, 0.4) is 0 Å². The lowest BCUT2D eigenvalue weighted by Crippen LogP contribution is -2.47. The molecule has 4 atom stereocenters. The third-order valence-electron chi connectivity index (χ3n) is 3.99. The number of nitrogens with one attached hydrogen (secondary N) is 1. The van der Waals surface area contributed by atoms with Crippen LogP contribution in [0.2, 0.25) is 0 Å². The molecule has 0 aliphatic carbocycles. The summed E-state index contributed by atoms with van der Waals surface area (Å²) in [6.07, 6.45) is 1.79. The lowest BCUT2D eigenvalue weighted by atomic mass is 9.92. The van der Waals surface area contributed by atoms with E-state index in [2.05, 4.69) is 5.32 Å². The molecule has 0 aromatic rings. The van der Waals surface area contributed by atoms with E-state index in [-0.39, 0.29) is 18.9 Å². The van der Waals surface area contributed by atoms with E-state index in [0.717, 1.165) is 25.9 Å². The van der Waals surface area contributed by atoms with Gasteiger partial charge in [-0.15, -0.1) is 0 Å². The van der Waals surface area contributed by atoms with Crippen LogP contribution in [-0.2, 0) is 4.79 Å². The van der Waals surface area contributed by atoms with Crippen molar-refractivity contribution in [2.45, 2.75) is 43.9 Å². The summed E-state index contributed by atoms with van der Waals surface area (Å²) < 4.78 is 13.3. The van der Waals surface area contributed by atoms with Gasteiger partial charge in [0.05, 0.1) is 18.7 Å². The fourth-order valence-corrected chi connectivity index (χ4v) is 2.95. The van der Waals surface area contributed by atoms with E-state index in [1.165, 1.54) is 4.90 Å². The van der Waals surface area contributed by atoms with Crippen molar-refractivity contribution in [3.63, 3.8) is 0 Å². The molecular weight excluding hydrogens is 247 g/mol. The van der Waals surface area contributed by atoms with Gasteiger partial charge in [-0.2, -0.15) is 5.26 Å². The fraction of sp³-hybridized carbons (Fsp3) is 0.846. The third kappa shape index (κ3) is 3.43. The van der Waals surface area contributed by atoms with Gasteiger partial charge < -0.3 is 16.0 Å². The number of piperidine rings is 1. The first-order chi connectivity index (χ1) is 9.11. The summed E-state index contributed by atoms with van der Waals surface area (Å²) in [6, 6.07) is 0.707. The molecular formula is C13H21FN4O. The van der Waals surface area contributed by atoms with Crippen molar-refractivity contribution < 1.29 is 9.18 Å². The molecule has 1 amide bonds. The van der Waals surface area contributed by atoms with Crippen LogP contribution in [0.25, 0.3) is 0 Å².